The molecule has 30 heavy (non-hydrogen) atoms. The molecule has 2 heterocycles. The minimum absolute atomic E-state index is 0.100. The molecule has 2 atom stereocenters. The lowest BCUT2D eigenvalue weighted by atomic mass is 9.75. The van der Waals surface area contributed by atoms with Crippen molar-refractivity contribution in [1.29, 1.82) is 0 Å². The van der Waals surface area contributed by atoms with E-state index in [1.54, 1.807) is 6.07 Å². The van der Waals surface area contributed by atoms with Crippen LogP contribution in [0, 0.1) is 23.5 Å². The highest BCUT2D eigenvalue weighted by molar-refractivity contribution is 5.61. The number of ether oxygens (including phenoxy) is 2. The number of pyridine rings is 1. The Bertz CT molecular complexity index is 839. The predicted octanol–water partition coefficient (Wildman–Crippen LogP) is 6.51. The number of halogens is 2. The summed E-state index contributed by atoms with van der Waals surface area (Å²) in [6.45, 7) is 3.17. The minimum atomic E-state index is -0.977. The number of hydrogen-bond acceptors (Lipinski definition) is 3. The maximum atomic E-state index is 14.3. The van der Waals surface area contributed by atoms with Crippen LogP contribution in [-0.2, 0) is 4.74 Å². The molecule has 2 unspecified atom stereocenters. The molecule has 162 valence electrons. The van der Waals surface area contributed by atoms with Gasteiger partial charge in [-0.3, -0.25) is 4.98 Å². The monoisotopic (exact) mass is 415 g/mol. The average molecular weight is 416 g/mol. The Kier molecular flexibility index (Phi) is 6.67. The maximum Gasteiger partial charge on any atom is 0.201 e. The normalized spacial score (nSPS) is 27.1. The van der Waals surface area contributed by atoms with E-state index in [-0.39, 0.29) is 11.3 Å². The molecule has 1 aromatic heterocycles. The number of benzene rings is 1. The lowest BCUT2D eigenvalue weighted by Gasteiger charge is -2.37. The van der Waals surface area contributed by atoms with Gasteiger partial charge in [0.05, 0.1) is 18.9 Å². The van der Waals surface area contributed by atoms with Gasteiger partial charge in [-0.25, -0.2) is 4.39 Å². The lowest BCUT2D eigenvalue weighted by Crippen LogP contribution is -2.33. The van der Waals surface area contributed by atoms with Crippen LogP contribution in [0.5, 0.6) is 5.75 Å². The molecule has 1 saturated carbocycles. The van der Waals surface area contributed by atoms with Gasteiger partial charge in [0.2, 0.25) is 5.82 Å². The third kappa shape index (κ3) is 4.36. The number of hydrogen-bond donors (Lipinski definition) is 0. The van der Waals surface area contributed by atoms with E-state index < -0.39 is 11.6 Å². The van der Waals surface area contributed by atoms with Gasteiger partial charge < -0.3 is 9.47 Å². The highest BCUT2D eigenvalue weighted by Gasteiger charge is 2.31. The zero-order valence-electron chi connectivity index (χ0n) is 17.9. The average Bonchev–Trinajstić information content (AvgIpc) is 2.81. The Balaban J connectivity index is 1.37. The first-order chi connectivity index (χ1) is 14.6. The molecule has 0 radical (unpaired) electrons. The van der Waals surface area contributed by atoms with Gasteiger partial charge in [0.1, 0.15) is 0 Å². The van der Waals surface area contributed by atoms with E-state index in [1.165, 1.54) is 56.9 Å². The van der Waals surface area contributed by atoms with Gasteiger partial charge in [0.15, 0.2) is 11.6 Å². The molecular weight excluding hydrogens is 384 g/mol. The number of rotatable bonds is 5. The Hall–Kier alpha value is -2.01. The Morgan fingerprint density at radius 1 is 1.00 bits per heavy atom. The van der Waals surface area contributed by atoms with Crippen LogP contribution in [0.15, 0.2) is 30.5 Å². The topological polar surface area (TPSA) is 31.4 Å². The van der Waals surface area contributed by atoms with E-state index in [2.05, 4.69) is 11.9 Å². The van der Waals surface area contributed by atoms with Crippen LogP contribution >= 0.6 is 0 Å². The molecule has 2 aromatic rings. The molecule has 5 heteroatoms. The van der Waals surface area contributed by atoms with Crippen LogP contribution in [0.2, 0.25) is 0 Å². The predicted molar refractivity (Wildman–Crippen MR) is 114 cm³/mol. The highest BCUT2D eigenvalue weighted by atomic mass is 19.2. The summed E-state index contributed by atoms with van der Waals surface area (Å²) in [5.41, 5.74) is 1.78. The van der Waals surface area contributed by atoms with E-state index in [9.17, 15) is 8.78 Å². The fourth-order valence-corrected chi connectivity index (χ4v) is 5.04. The van der Waals surface area contributed by atoms with Crippen molar-refractivity contribution in [2.75, 3.05) is 13.7 Å². The van der Waals surface area contributed by atoms with Crippen LogP contribution in [0.3, 0.4) is 0 Å². The van der Waals surface area contributed by atoms with E-state index in [1.807, 2.05) is 12.3 Å². The zero-order chi connectivity index (χ0) is 21.1. The molecule has 1 aliphatic heterocycles. The van der Waals surface area contributed by atoms with Gasteiger partial charge in [-0.05, 0) is 80.0 Å². The highest BCUT2D eigenvalue weighted by Crippen LogP contribution is 2.40. The number of methoxy groups -OCH3 is 1. The summed E-state index contributed by atoms with van der Waals surface area (Å²) in [5, 5.41) is 0. The van der Waals surface area contributed by atoms with Gasteiger partial charge in [0, 0.05) is 18.4 Å². The van der Waals surface area contributed by atoms with Crippen LogP contribution in [0.4, 0.5) is 8.78 Å². The molecule has 2 fully saturated rings. The first-order valence-electron chi connectivity index (χ1n) is 11.2. The van der Waals surface area contributed by atoms with Crippen molar-refractivity contribution in [3.8, 4) is 17.0 Å². The molecular formula is C25H31F2NO2. The second-order valence-electron chi connectivity index (χ2n) is 8.76. The van der Waals surface area contributed by atoms with Crippen LogP contribution < -0.4 is 4.74 Å². The fraction of sp³-hybridized carbons (Fsp3) is 0.560. The first-order valence-corrected chi connectivity index (χ1v) is 11.2. The lowest BCUT2D eigenvalue weighted by molar-refractivity contribution is -0.0566. The standard InChI is InChI=1S/C25H31F2NO2/c1-3-16-4-12-22(30-15-16)18-7-5-17(6-8-18)19-9-11-21(28-14-19)20-10-13-23(29-2)25(27)24(20)26/h9-11,13-14,16-18,22H,3-8,12,15H2,1-2H3. The molecule has 1 saturated heterocycles. The SMILES string of the molecule is CCC1CCC(C2CCC(c3ccc(-c4ccc(OC)c(F)c4F)nc3)CC2)OC1. The van der Waals surface area contributed by atoms with Gasteiger partial charge in [0.25, 0.3) is 0 Å². The number of aromatic nitrogens is 1. The van der Waals surface area contributed by atoms with Crippen molar-refractivity contribution in [2.45, 2.75) is 63.9 Å². The second kappa shape index (κ2) is 9.42. The summed E-state index contributed by atoms with van der Waals surface area (Å²) < 4.78 is 39.4. The van der Waals surface area contributed by atoms with Gasteiger partial charge in [-0.1, -0.05) is 19.4 Å². The smallest absolute Gasteiger partial charge is 0.201 e. The van der Waals surface area contributed by atoms with Crippen molar-refractivity contribution in [2.24, 2.45) is 11.8 Å². The molecule has 0 spiro atoms. The van der Waals surface area contributed by atoms with Crippen molar-refractivity contribution in [3.05, 3.63) is 47.7 Å². The van der Waals surface area contributed by atoms with Crippen molar-refractivity contribution >= 4 is 0 Å². The summed E-state index contributed by atoms with van der Waals surface area (Å²) in [5.74, 6) is -0.111. The third-order valence-electron chi connectivity index (χ3n) is 7.08. The zero-order valence-corrected chi connectivity index (χ0v) is 17.9. The molecule has 0 N–H and O–H groups in total. The molecule has 4 rings (SSSR count). The Morgan fingerprint density at radius 3 is 2.40 bits per heavy atom. The Morgan fingerprint density at radius 2 is 1.80 bits per heavy atom. The molecule has 3 nitrogen and oxygen atoms in total. The van der Waals surface area contributed by atoms with Gasteiger partial charge >= 0.3 is 0 Å². The van der Waals surface area contributed by atoms with Crippen molar-refractivity contribution in [3.63, 3.8) is 0 Å². The van der Waals surface area contributed by atoms with E-state index in [4.69, 9.17) is 9.47 Å². The summed E-state index contributed by atoms with van der Waals surface area (Å²) in [7, 11) is 1.32. The van der Waals surface area contributed by atoms with Crippen LogP contribution in [0.25, 0.3) is 11.3 Å². The fourth-order valence-electron chi connectivity index (χ4n) is 5.04. The largest absolute Gasteiger partial charge is 0.494 e. The van der Waals surface area contributed by atoms with E-state index >= 15 is 0 Å². The van der Waals surface area contributed by atoms with Crippen molar-refractivity contribution in [1.82, 2.24) is 4.98 Å². The summed E-state index contributed by atoms with van der Waals surface area (Å²) in [6, 6.07) is 6.75. The summed E-state index contributed by atoms with van der Waals surface area (Å²) in [4.78, 5) is 4.44. The van der Waals surface area contributed by atoms with Crippen LogP contribution in [0.1, 0.15) is 63.4 Å². The van der Waals surface area contributed by atoms with Crippen LogP contribution in [-0.4, -0.2) is 24.8 Å². The first kappa shape index (κ1) is 21.2. The Labute approximate surface area is 177 Å². The molecule has 1 aliphatic carbocycles. The maximum absolute atomic E-state index is 14.3. The molecule has 0 amide bonds. The van der Waals surface area contributed by atoms with Crippen molar-refractivity contribution < 1.29 is 18.3 Å². The molecule has 2 aliphatic rings. The molecule has 1 aromatic carbocycles. The van der Waals surface area contributed by atoms with Gasteiger partial charge in [-0.15, -0.1) is 0 Å². The summed E-state index contributed by atoms with van der Waals surface area (Å²) >= 11 is 0. The van der Waals surface area contributed by atoms with E-state index in [0.29, 0.717) is 23.6 Å². The molecule has 0 bridgehead atoms. The quantitative estimate of drug-likeness (QED) is 0.557. The minimum Gasteiger partial charge on any atom is -0.494 e. The third-order valence-corrected chi connectivity index (χ3v) is 7.08. The van der Waals surface area contributed by atoms with Gasteiger partial charge in [-0.2, -0.15) is 4.39 Å². The number of nitrogens with zero attached hydrogens (tertiary/aromatic N) is 1. The second-order valence-corrected chi connectivity index (χ2v) is 8.76. The van der Waals surface area contributed by atoms with E-state index in [0.717, 1.165) is 25.4 Å². The summed E-state index contributed by atoms with van der Waals surface area (Å²) in [6.07, 6.45) is 10.6.